The predicted molar refractivity (Wildman–Crippen MR) is 78.2 cm³/mol. The van der Waals surface area contributed by atoms with Crippen molar-refractivity contribution < 1.29 is 14.3 Å². The van der Waals surface area contributed by atoms with E-state index in [0.29, 0.717) is 0 Å². The van der Waals surface area contributed by atoms with Crippen LogP contribution in [0, 0.1) is 16.7 Å². The topological polar surface area (TPSA) is 43.4 Å². The monoisotopic (exact) mass is 278 g/mol. The second-order valence-corrected chi connectivity index (χ2v) is 7.03. The van der Waals surface area contributed by atoms with Gasteiger partial charge in [0.1, 0.15) is 0 Å². The van der Waals surface area contributed by atoms with Gasteiger partial charge in [0.15, 0.2) is 12.4 Å². The molecule has 0 aromatic rings. The Bertz CT molecular complexity index is 416. The van der Waals surface area contributed by atoms with Crippen LogP contribution in [0.5, 0.6) is 0 Å². The highest BCUT2D eigenvalue weighted by Gasteiger charge is 2.47. The first kappa shape index (κ1) is 15.3. The van der Waals surface area contributed by atoms with Crippen molar-refractivity contribution in [2.45, 2.75) is 59.3 Å². The standard InChI is InChI=1S/C17H26O3/c1-16(2)10-7-11-17(16,3)14(18)12-20-15(19)13-8-5-4-6-9-13/h7,10,13H,4-6,8-9,11-12H2,1-3H3/t17-/m0/s1. The molecule has 0 aliphatic heterocycles. The molecule has 1 atom stereocenters. The number of rotatable bonds is 4. The maximum absolute atomic E-state index is 12.5. The van der Waals surface area contributed by atoms with Gasteiger partial charge in [-0.1, -0.05) is 52.2 Å². The van der Waals surface area contributed by atoms with E-state index in [0.717, 1.165) is 32.1 Å². The summed E-state index contributed by atoms with van der Waals surface area (Å²) >= 11 is 0. The van der Waals surface area contributed by atoms with Gasteiger partial charge in [0.2, 0.25) is 0 Å². The molecule has 2 aliphatic carbocycles. The molecule has 0 heterocycles. The van der Waals surface area contributed by atoms with E-state index in [9.17, 15) is 9.59 Å². The Morgan fingerprint density at radius 3 is 2.35 bits per heavy atom. The highest BCUT2D eigenvalue weighted by atomic mass is 16.5. The van der Waals surface area contributed by atoms with Crippen molar-refractivity contribution in [2.75, 3.05) is 6.61 Å². The fourth-order valence-electron chi connectivity index (χ4n) is 3.26. The van der Waals surface area contributed by atoms with Crippen LogP contribution in [0.4, 0.5) is 0 Å². The van der Waals surface area contributed by atoms with Crippen LogP contribution in [0.1, 0.15) is 59.3 Å². The van der Waals surface area contributed by atoms with Crippen LogP contribution in [-0.2, 0) is 14.3 Å². The number of esters is 1. The third kappa shape index (κ3) is 2.82. The van der Waals surface area contributed by atoms with Crippen LogP contribution >= 0.6 is 0 Å². The second-order valence-electron chi connectivity index (χ2n) is 7.03. The lowest BCUT2D eigenvalue weighted by Gasteiger charge is -2.36. The van der Waals surface area contributed by atoms with Gasteiger partial charge in [-0.05, 0) is 24.7 Å². The van der Waals surface area contributed by atoms with E-state index in [1.165, 1.54) is 6.42 Å². The predicted octanol–water partition coefficient (Wildman–Crippen LogP) is 3.67. The van der Waals surface area contributed by atoms with E-state index in [2.05, 4.69) is 26.0 Å². The van der Waals surface area contributed by atoms with Crippen molar-refractivity contribution in [1.29, 1.82) is 0 Å². The minimum absolute atomic E-state index is 0.0130. The van der Waals surface area contributed by atoms with Gasteiger partial charge in [0.25, 0.3) is 0 Å². The zero-order valence-electron chi connectivity index (χ0n) is 12.9. The molecule has 1 saturated carbocycles. The summed E-state index contributed by atoms with van der Waals surface area (Å²) in [6.45, 7) is 6.04. The summed E-state index contributed by atoms with van der Waals surface area (Å²) in [4.78, 5) is 24.4. The number of ether oxygens (including phenoxy) is 1. The van der Waals surface area contributed by atoms with Gasteiger partial charge in [-0.15, -0.1) is 0 Å². The second kappa shape index (κ2) is 5.71. The molecular weight excluding hydrogens is 252 g/mol. The third-order valence-electron chi connectivity index (χ3n) is 5.38. The molecule has 0 aromatic carbocycles. The fourth-order valence-corrected chi connectivity index (χ4v) is 3.26. The molecule has 0 spiro atoms. The maximum atomic E-state index is 12.5. The molecule has 0 N–H and O–H groups in total. The zero-order valence-corrected chi connectivity index (χ0v) is 12.9. The van der Waals surface area contributed by atoms with E-state index in [1.54, 1.807) is 0 Å². The summed E-state index contributed by atoms with van der Waals surface area (Å²) in [7, 11) is 0. The van der Waals surface area contributed by atoms with Crippen molar-refractivity contribution in [3.8, 4) is 0 Å². The summed E-state index contributed by atoms with van der Waals surface area (Å²) in [5, 5.41) is 0. The molecule has 0 unspecified atom stereocenters. The SMILES string of the molecule is CC1(C)C=CC[C@@]1(C)C(=O)COC(=O)C1CCCCC1. The van der Waals surface area contributed by atoms with E-state index < -0.39 is 5.41 Å². The van der Waals surface area contributed by atoms with Crippen LogP contribution in [0.2, 0.25) is 0 Å². The molecule has 1 fully saturated rings. The van der Waals surface area contributed by atoms with Crippen molar-refractivity contribution in [1.82, 2.24) is 0 Å². The average Bonchev–Trinajstić information content (AvgIpc) is 2.71. The molecular formula is C17H26O3. The average molecular weight is 278 g/mol. The van der Waals surface area contributed by atoms with Crippen molar-refractivity contribution in [3.05, 3.63) is 12.2 Å². The Morgan fingerprint density at radius 1 is 1.15 bits per heavy atom. The van der Waals surface area contributed by atoms with E-state index in [1.807, 2.05) is 6.92 Å². The Morgan fingerprint density at radius 2 is 1.80 bits per heavy atom. The summed E-state index contributed by atoms with van der Waals surface area (Å²) < 4.78 is 5.30. The molecule has 3 nitrogen and oxygen atoms in total. The first-order valence-electron chi connectivity index (χ1n) is 7.74. The van der Waals surface area contributed by atoms with Gasteiger partial charge in [-0.3, -0.25) is 9.59 Å². The van der Waals surface area contributed by atoms with Crippen LogP contribution in [0.3, 0.4) is 0 Å². The summed E-state index contributed by atoms with van der Waals surface area (Å²) in [6, 6.07) is 0. The first-order chi connectivity index (χ1) is 9.37. The molecule has 0 amide bonds. The molecule has 2 rings (SSSR count). The smallest absolute Gasteiger partial charge is 0.309 e. The lowest BCUT2D eigenvalue weighted by atomic mass is 9.66. The van der Waals surface area contributed by atoms with E-state index in [4.69, 9.17) is 4.74 Å². The highest BCUT2D eigenvalue weighted by molar-refractivity contribution is 5.89. The molecule has 0 radical (unpaired) electrons. The summed E-state index contributed by atoms with van der Waals surface area (Å²) in [6.07, 6.45) is 10.1. The Balaban J connectivity index is 1.87. The molecule has 2 aliphatic rings. The number of hydrogen-bond acceptors (Lipinski definition) is 3. The highest BCUT2D eigenvalue weighted by Crippen LogP contribution is 2.48. The zero-order chi connectivity index (χ0) is 14.8. The number of ketones is 1. The number of allylic oxidation sites excluding steroid dienone is 2. The van der Waals surface area contributed by atoms with Crippen LogP contribution in [-0.4, -0.2) is 18.4 Å². The Kier molecular flexibility index (Phi) is 4.36. The Hall–Kier alpha value is -1.12. The summed E-state index contributed by atoms with van der Waals surface area (Å²) in [5.74, 6) is -0.124. The molecule has 20 heavy (non-hydrogen) atoms. The molecule has 0 aromatic heterocycles. The van der Waals surface area contributed by atoms with E-state index in [-0.39, 0.29) is 29.7 Å². The minimum atomic E-state index is -0.445. The number of carbonyl (C=O) groups is 2. The normalized spacial score (nSPS) is 29.4. The fraction of sp³-hybridized carbons (Fsp3) is 0.765. The van der Waals surface area contributed by atoms with Crippen LogP contribution in [0.15, 0.2) is 12.2 Å². The number of carbonyl (C=O) groups excluding carboxylic acids is 2. The van der Waals surface area contributed by atoms with Crippen LogP contribution in [0.25, 0.3) is 0 Å². The van der Waals surface area contributed by atoms with Crippen LogP contribution < -0.4 is 0 Å². The number of hydrogen-bond donors (Lipinski definition) is 0. The Labute approximate surface area is 121 Å². The molecule has 3 heteroatoms. The third-order valence-corrected chi connectivity index (χ3v) is 5.38. The van der Waals surface area contributed by atoms with Gasteiger partial charge in [-0.2, -0.15) is 0 Å². The van der Waals surface area contributed by atoms with Gasteiger partial charge >= 0.3 is 5.97 Å². The lowest BCUT2D eigenvalue weighted by Crippen LogP contribution is -2.41. The molecule has 0 saturated heterocycles. The molecule has 0 bridgehead atoms. The van der Waals surface area contributed by atoms with Crippen molar-refractivity contribution in [3.63, 3.8) is 0 Å². The lowest BCUT2D eigenvalue weighted by molar-refractivity contribution is -0.156. The largest absolute Gasteiger partial charge is 0.457 e. The summed E-state index contributed by atoms with van der Waals surface area (Å²) in [5.41, 5.74) is -0.610. The van der Waals surface area contributed by atoms with Gasteiger partial charge in [-0.25, -0.2) is 0 Å². The first-order valence-corrected chi connectivity index (χ1v) is 7.74. The van der Waals surface area contributed by atoms with Gasteiger partial charge in [0.05, 0.1) is 5.92 Å². The van der Waals surface area contributed by atoms with Crippen molar-refractivity contribution >= 4 is 11.8 Å². The minimum Gasteiger partial charge on any atom is -0.457 e. The molecule has 112 valence electrons. The number of Topliss-reactive ketones (excluding diaryl/α,β-unsaturated/α-hetero) is 1. The quantitative estimate of drug-likeness (QED) is 0.582. The van der Waals surface area contributed by atoms with E-state index >= 15 is 0 Å². The van der Waals surface area contributed by atoms with Crippen molar-refractivity contribution in [2.24, 2.45) is 16.7 Å². The van der Waals surface area contributed by atoms with Gasteiger partial charge in [0, 0.05) is 5.41 Å². The van der Waals surface area contributed by atoms with Gasteiger partial charge < -0.3 is 4.74 Å². The maximum Gasteiger partial charge on any atom is 0.309 e.